The van der Waals surface area contributed by atoms with E-state index >= 15 is 0 Å². The van der Waals surface area contributed by atoms with Crippen molar-refractivity contribution in [2.75, 3.05) is 6.26 Å². The SMILES string of the molecule is CS(=O)(=O)Oc1cc(Oc2ccc(Cl)cc2Cl)ccc1[N+](=O)[O-]. The average Bonchev–Trinajstić information content (AvgIpc) is 2.40. The summed E-state index contributed by atoms with van der Waals surface area (Å²) in [5.41, 5.74) is -0.509. The Kier molecular flexibility index (Phi) is 4.98. The molecule has 0 atom stereocenters. The fourth-order valence-electron chi connectivity index (χ4n) is 1.62. The van der Waals surface area contributed by atoms with Crippen molar-refractivity contribution in [1.29, 1.82) is 0 Å². The van der Waals surface area contributed by atoms with Crippen LogP contribution in [0.3, 0.4) is 0 Å². The maximum atomic E-state index is 11.2. The van der Waals surface area contributed by atoms with Crippen molar-refractivity contribution < 1.29 is 22.3 Å². The maximum absolute atomic E-state index is 11.2. The molecule has 0 saturated heterocycles. The van der Waals surface area contributed by atoms with Crippen molar-refractivity contribution in [3.05, 3.63) is 56.6 Å². The number of nitro benzene ring substituents is 1. The lowest BCUT2D eigenvalue weighted by atomic mass is 10.3. The van der Waals surface area contributed by atoms with Crippen molar-refractivity contribution in [3.8, 4) is 17.2 Å². The summed E-state index contributed by atoms with van der Waals surface area (Å²) in [6, 6.07) is 7.95. The third-order valence-corrected chi connectivity index (χ3v) is 3.50. The van der Waals surface area contributed by atoms with Crippen LogP contribution in [0.4, 0.5) is 5.69 Å². The van der Waals surface area contributed by atoms with E-state index in [2.05, 4.69) is 4.18 Å². The minimum Gasteiger partial charge on any atom is -0.456 e. The molecule has 2 aromatic rings. The predicted octanol–water partition coefficient (Wildman–Crippen LogP) is 4.03. The molecule has 0 N–H and O–H groups in total. The van der Waals surface area contributed by atoms with Gasteiger partial charge in [-0.3, -0.25) is 10.1 Å². The fourth-order valence-corrected chi connectivity index (χ4v) is 2.53. The molecular weight excluding hydrogens is 369 g/mol. The Bertz CT molecular complexity index is 869. The first kappa shape index (κ1) is 17.3. The molecule has 0 unspecified atom stereocenters. The molecule has 0 bridgehead atoms. The van der Waals surface area contributed by atoms with Gasteiger partial charge in [0.05, 0.1) is 16.2 Å². The van der Waals surface area contributed by atoms with Crippen LogP contribution in [0, 0.1) is 10.1 Å². The van der Waals surface area contributed by atoms with Crippen LogP contribution in [0.1, 0.15) is 0 Å². The topological polar surface area (TPSA) is 95.7 Å². The van der Waals surface area contributed by atoms with E-state index in [9.17, 15) is 18.5 Å². The summed E-state index contributed by atoms with van der Waals surface area (Å²) in [4.78, 5) is 10.2. The number of hydrogen-bond acceptors (Lipinski definition) is 6. The van der Waals surface area contributed by atoms with E-state index in [0.717, 1.165) is 18.4 Å². The molecule has 122 valence electrons. The van der Waals surface area contributed by atoms with E-state index in [1.54, 1.807) is 6.07 Å². The molecule has 0 heterocycles. The van der Waals surface area contributed by atoms with Gasteiger partial charge in [0.1, 0.15) is 11.5 Å². The van der Waals surface area contributed by atoms with Crippen LogP contribution in [0.25, 0.3) is 0 Å². The summed E-state index contributed by atoms with van der Waals surface area (Å²) in [5.74, 6) is -0.103. The lowest BCUT2D eigenvalue weighted by Gasteiger charge is -2.10. The first-order valence-corrected chi connectivity index (χ1v) is 8.54. The number of nitro groups is 1. The highest BCUT2D eigenvalue weighted by Crippen LogP contribution is 2.36. The Labute approximate surface area is 141 Å². The molecule has 10 heteroatoms. The zero-order valence-corrected chi connectivity index (χ0v) is 13.9. The molecule has 0 fully saturated rings. The highest BCUT2D eigenvalue weighted by atomic mass is 35.5. The quantitative estimate of drug-likeness (QED) is 0.443. The molecule has 0 radical (unpaired) electrons. The van der Waals surface area contributed by atoms with Gasteiger partial charge in [-0.1, -0.05) is 23.2 Å². The van der Waals surface area contributed by atoms with Gasteiger partial charge in [-0.15, -0.1) is 0 Å². The second-order valence-corrected chi connectivity index (χ2v) is 6.77. The smallest absolute Gasteiger partial charge is 0.312 e. The van der Waals surface area contributed by atoms with Gasteiger partial charge in [0, 0.05) is 17.2 Å². The molecule has 0 aliphatic heterocycles. The first-order valence-electron chi connectivity index (χ1n) is 5.96. The van der Waals surface area contributed by atoms with Gasteiger partial charge in [-0.25, -0.2) is 0 Å². The summed E-state index contributed by atoms with van der Waals surface area (Å²) in [6.45, 7) is 0. The second kappa shape index (κ2) is 6.61. The number of halogens is 2. The Morgan fingerprint density at radius 1 is 1.09 bits per heavy atom. The van der Waals surface area contributed by atoms with Crippen LogP contribution in [0.15, 0.2) is 36.4 Å². The van der Waals surface area contributed by atoms with Gasteiger partial charge in [0.2, 0.25) is 5.75 Å². The van der Waals surface area contributed by atoms with Crippen molar-refractivity contribution in [2.24, 2.45) is 0 Å². The molecule has 0 spiro atoms. The average molecular weight is 378 g/mol. The molecule has 0 aliphatic carbocycles. The van der Waals surface area contributed by atoms with E-state index in [4.69, 9.17) is 27.9 Å². The Morgan fingerprint density at radius 2 is 1.78 bits per heavy atom. The largest absolute Gasteiger partial charge is 0.456 e. The van der Waals surface area contributed by atoms with Gasteiger partial charge in [0.25, 0.3) is 0 Å². The van der Waals surface area contributed by atoms with Gasteiger partial charge in [0.15, 0.2) is 0 Å². The van der Waals surface area contributed by atoms with E-state index in [-0.39, 0.29) is 16.5 Å². The van der Waals surface area contributed by atoms with Crippen molar-refractivity contribution in [2.45, 2.75) is 0 Å². The van der Waals surface area contributed by atoms with Crippen LogP contribution < -0.4 is 8.92 Å². The number of benzene rings is 2. The molecule has 0 aromatic heterocycles. The predicted molar refractivity (Wildman–Crippen MR) is 85.1 cm³/mol. The first-order chi connectivity index (χ1) is 10.7. The number of nitrogens with zero attached hydrogens (tertiary/aromatic N) is 1. The van der Waals surface area contributed by atoms with Crippen molar-refractivity contribution >= 4 is 39.0 Å². The molecule has 23 heavy (non-hydrogen) atoms. The number of rotatable bonds is 5. The third-order valence-electron chi connectivity index (χ3n) is 2.49. The number of ether oxygens (including phenoxy) is 1. The molecule has 2 rings (SSSR count). The summed E-state index contributed by atoms with van der Waals surface area (Å²) >= 11 is 11.7. The summed E-state index contributed by atoms with van der Waals surface area (Å²) < 4.78 is 32.5. The monoisotopic (exact) mass is 377 g/mol. The molecular formula is C13H9Cl2NO6S. The minimum absolute atomic E-state index is 0.110. The van der Waals surface area contributed by atoms with E-state index in [0.29, 0.717) is 5.02 Å². The fraction of sp³-hybridized carbons (Fsp3) is 0.0769. The molecule has 0 aliphatic rings. The molecule has 2 aromatic carbocycles. The van der Waals surface area contributed by atoms with E-state index < -0.39 is 26.5 Å². The lowest BCUT2D eigenvalue weighted by molar-refractivity contribution is -0.385. The van der Waals surface area contributed by atoms with E-state index in [1.165, 1.54) is 18.2 Å². The van der Waals surface area contributed by atoms with Gasteiger partial charge in [-0.2, -0.15) is 8.42 Å². The Hall–Kier alpha value is -2.03. The standard InChI is InChI=1S/C13H9Cl2NO6S/c1-23(19,20)22-13-7-9(3-4-11(13)16(17)18)21-12-5-2-8(14)6-10(12)15/h2-7H,1H3. The zero-order valence-electron chi connectivity index (χ0n) is 11.5. The second-order valence-electron chi connectivity index (χ2n) is 4.35. The minimum atomic E-state index is -3.94. The van der Waals surface area contributed by atoms with Gasteiger partial charge >= 0.3 is 15.8 Å². The highest BCUT2D eigenvalue weighted by Gasteiger charge is 2.20. The van der Waals surface area contributed by atoms with Crippen LogP contribution >= 0.6 is 23.2 Å². The summed E-state index contributed by atoms with van der Waals surface area (Å²) in [6.07, 6.45) is 0.778. The molecule has 0 amide bonds. The van der Waals surface area contributed by atoms with Crippen molar-refractivity contribution in [1.82, 2.24) is 0 Å². The summed E-state index contributed by atoms with van der Waals surface area (Å²) in [5, 5.41) is 11.6. The normalized spacial score (nSPS) is 11.1. The van der Waals surface area contributed by atoms with Crippen LogP contribution in [0.5, 0.6) is 17.2 Å². The Balaban J connectivity index is 2.40. The zero-order chi connectivity index (χ0) is 17.2. The lowest BCUT2D eigenvalue weighted by Crippen LogP contribution is -2.07. The van der Waals surface area contributed by atoms with Crippen LogP contribution in [0.2, 0.25) is 10.0 Å². The van der Waals surface area contributed by atoms with Crippen LogP contribution in [-0.4, -0.2) is 19.6 Å². The van der Waals surface area contributed by atoms with Gasteiger partial charge < -0.3 is 8.92 Å². The van der Waals surface area contributed by atoms with E-state index in [1.807, 2.05) is 0 Å². The number of hydrogen-bond donors (Lipinski definition) is 0. The van der Waals surface area contributed by atoms with Crippen molar-refractivity contribution in [3.63, 3.8) is 0 Å². The molecule has 0 saturated carbocycles. The molecule has 7 nitrogen and oxygen atoms in total. The third kappa shape index (κ3) is 4.72. The Morgan fingerprint density at radius 3 is 2.35 bits per heavy atom. The summed E-state index contributed by atoms with van der Waals surface area (Å²) in [7, 11) is -3.94. The highest BCUT2D eigenvalue weighted by molar-refractivity contribution is 7.86. The van der Waals surface area contributed by atoms with Crippen LogP contribution in [-0.2, 0) is 10.1 Å². The maximum Gasteiger partial charge on any atom is 0.312 e. The van der Waals surface area contributed by atoms with Gasteiger partial charge in [-0.05, 0) is 24.3 Å².